The van der Waals surface area contributed by atoms with Gasteiger partial charge in [-0.1, -0.05) is 6.92 Å². The van der Waals surface area contributed by atoms with E-state index in [2.05, 4.69) is 27.2 Å². The number of aliphatic imine (C=N–C) groups is 1. The number of ether oxygens (including phenoxy) is 1. The van der Waals surface area contributed by atoms with Gasteiger partial charge in [0.15, 0.2) is 5.96 Å². The minimum Gasteiger partial charge on any atom is -0.466 e. The molecule has 2 rings (SSSR count). The minimum absolute atomic E-state index is 0. The van der Waals surface area contributed by atoms with E-state index >= 15 is 0 Å². The highest BCUT2D eigenvalue weighted by Gasteiger charge is 2.27. The fraction of sp³-hybridized carbons (Fsp3) is 0.706. The molecule has 0 spiro atoms. The maximum atomic E-state index is 11.8. The Morgan fingerprint density at radius 1 is 1.44 bits per heavy atom. The van der Waals surface area contributed by atoms with Gasteiger partial charge in [0.25, 0.3) is 0 Å². The third kappa shape index (κ3) is 6.83. The number of guanidine groups is 1. The van der Waals surface area contributed by atoms with Gasteiger partial charge in [0.2, 0.25) is 0 Å². The molecular formula is C17H30IN5O2. The van der Waals surface area contributed by atoms with Crippen molar-refractivity contribution in [1.29, 1.82) is 0 Å². The fourth-order valence-electron chi connectivity index (χ4n) is 2.98. The summed E-state index contributed by atoms with van der Waals surface area (Å²) < 4.78 is 7.07. The molecule has 1 aromatic heterocycles. The molecule has 0 amide bonds. The lowest BCUT2D eigenvalue weighted by molar-refractivity contribution is -0.149. The van der Waals surface area contributed by atoms with Gasteiger partial charge in [-0.05, 0) is 31.7 Å². The van der Waals surface area contributed by atoms with Gasteiger partial charge in [0.05, 0.1) is 12.5 Å². The zero-order chi connectivity index (χ0) is 17.4. The van der Waals surface area contributed by atoms with Gasteiger partial charge in [0.1, 0.15) is 0 Å². The van der Waals surface area contributed by atoms with Crippen LogP contribution in [0.5, 0.6) is 0 Å². The molecule has 142 valence electrons. The second kappa shape index (κ2) is 11.3. The van der Waals surface area contributed by atoms with Gasteiger partial charge in [-0.25, -0.2) is 0 Å². The van der Waals surface area contributed by atoms with Crippen LogP contribution in [0.4, 0.5) is 0 Å². The SMILES string of the molecule is CCOC(=O)C1CCN(C(=NC)NCC(C)Cn2cccn2)CC1.I. The van der Waals surface area contributed by atoms with Crippen LogP contribution in [-0.4, -0.2) is 59.9 Å². The Morgan fingerprint density at radius 2 is 2.16 bits per heavy atom. The van der Waals surface area contributed by atoms with E-state index in [-0.39, 0.29) is 35.9 Å². The number of nitrogens with zero attached hydrogens (tertiary/aromatic N) is 4. The molecule has 0 saturated carbocycles. The third-order valence-electron chi connectivity index (χ3n) is 4.29. The molecule has 1 saturated heterocycles. The van der Waals surface area contributed by atoms with Crippen molar-refractivity contribution >= 4 is 35.9 Å². The average Bonchev–Trinajstić information content (AvgIpc) is 3.09. The predicted molar refractivity (Wildman–Crippen MR) is 109 cm³/mol. The zero-order valence-electron chi connectivity index (χ0n) is 15.4. The summed E-state index contributed by atoms with van der Waals surface area (Å²) in [5, 5.41) is 7.68. The lowest BCUT2D eigenvalue weighted by Gasteiger charge is -2.33. The molecule has 1 unspecified atom stereocenters. The first-order valence-corrected chi connectivity index (χ1v) is 8.73. The molecule has 25 heavy (non-hydrogen) atoms. The van der Waals surface area contributed by atoms with E-state index in [1.165, 1.54) is 0 Å². The summed E-state index contributed by atoms with van der Waals surface area (Å²) in [6, 6.07) is 1.94. The normalized spacial score (nSPS) is 16.9. The van der Waals surface area contributed by atoms with Crippen LogP contribution in [-0.2, 0) is 16.1 Å². The molecular weight excluding hydrogens is 433 g/mol. The first kappa shape index (κ1) is 21.7. The van der Waals surface area contributed by atoms with E-state index < -0.39 is 0 Å². The molecule has 7 nitrogen and oxygen atoms in total. The lowest BCUT2D eigenvalue weighted by atomic mass is 9.97. The number of halogens is 1. The van der Waals surface area contributed by atoms with E-state index in [1.807, 2.05) is 23.9 Å². The molecule has 0 bridgehead atoms. The molecule has 8 heteroatoms. The van der Waals surface area contributed by atoms with Gasteiger partial charge in [0, 0.05) is 45.6 Å². The first-order valence-electron chi connectivity index (χ1n) is 8.73. The highest BCUT2D eigenvalue weighted by atomic mass is 127. The van der Waals surface area contributed by atoms with Crippen LogP contribution >= 0.6 is 24.0 Å². The Balaban J connectivity index is 0.00000312. The molecule has 0 radical (unpaired) electrons. The van der Waals surface area contributed by atoms with Crippen molar-refractivity contribution in [3.05, 3.63) is 18.5 Å². The molecule has 1 atom stereocenters. The van der Waals surface area contributed by atoms with Gasteiger partial charge < -0.3 is 15.0 Å². The summed E-state index contributed by atoms with van der Waals surface area (Å²) in [7, 11) is 1.80. The summed E-state index contributed by atoms with van der Waals surface area (Å²) >= 11 is 0. The molecule has 1 N–H and O–H groups in total. The van der Waals surface area contributed by atoms with Crippen LogP contribution in [0.25, 0.3) is 0 Å². The van der Waals surface area contributed by atoms with Gasteiger partial charge in [-0.3, -0.25) is 14.5 Å². The summed E-state index contributed by atoms with van der Waals surface area (Å²) in [5.41, 5.74) is 0. The highest BCUT2D eigenvalue weighted by Crippen LogP contribution is 2.18. The number of carbonyl (C=O) groups excluding carboxylic acids is 1. The number of hydrogen-bond donors (Lipinski definition) is 1. The maximum absolute atomic E-state index is 11.8. The zero-order valence-corrected chi connectivity index (χ0v) is 17.7. The number of piperidine rings is 1. The van der Waals surface area contributed by atoms with Crippen molar-refractivity contribution < 1.29 is 9.53 Å². The van der Waals surface area contributed by atoms with Crippen LogP contribution in [0.15, 0.2) is 23.5 Å². The number of rotatable bonds is 6. The van der Waals surface area contributed by atoms with Gasteiger partial charge >= 0.3 is 5.97 Å². The number of likely N-dealkylation sites (tertiary alicyclic amines) is 1. The molecule has 1 aliphatic rings. The predicted octanol–water partition coefficient (Wildman–Crippen LogP) is 1.99. The molecule has 1 aliphatic heterocycles. The minimum atomic E-state index is -0.0621. The Kier molecular flexibility index (Phi) is 9.84. The van der Waals surface area contributed by atoms with E-state index in [1.54, 1.807) is 13.2 Å². The Labute approximate surface area is 167 Å². The van der Waals surface area contributed by atoms with Gasteiger partial charge in [-0.2, -0.15) is 5.10 Å². The van der Waals surface area contributed by atoms with Crippen LogP contribution in [0, 0.1) is 11.8 Å². The van der Waals surface area contributed by atoms with Crippen molar-refractivity contribution in [2.75, 3.05) is 33.3 Å². The molecule has 1 aromatic rings. The summed E-state index contributed by atoms with van der Waals surface area (Å²) in [4.78, 5) is 18.4. The number of nitrogens with one attached hydrogen (secondary N) is 1. The standard InChI is InChI=1S/C17H29N5O2.HI/c1-4-24-16(23)15-6-10-21(11-7-15)17(18-3)19-12-14(2)13-22-9-5-8-20-22;/h5,8-9,14-15H,4,6-7,10-13H2,1-3H3,(H,18,19);1H. The summed E-state index contributed by atoms with van der Waals surface area (Å²) in [5.74, 6) is 1.31. The molecule has 0 aliphatic carbocycles. The van der Waals surface area contributed by atoms with Crippen molar-refractivity contribution in [2.45, 2.75) is 33.2 Å². The highest BCUT2D eigenvalue weighted by molar-refractivity contribution is 14.0. The number of aromatic nitrogens is 2. The summed E-state index contributed by atoms with van der Waals surface area (Å²) in [6.45, 7) is 7.87. The van der Waals surface area contributed by atoms with Crippen LogP contribution in [0.2, 0.25) is 0 Å². The maximum Gasteiger partial charge on any atom is 0.309 e. The van der Waals surface area contributed by atoms with Crippen molar-refractivity contribution in [1.82, 2.24) is 20.0 Å². The monoisotopic (exact) mass is 463 g/mol. The van der Waals surface area contributed by atoms with Crippen molar-refractivity contribution in [3.8, 4) is 0 Å². The Bertz CT molecular complexity index is 527. The van der Waals surface area contributed by atoms with Crippen LogP contribution in [0.1, 0.15) is 26.7 Å². The Morgan fingerprint density at radius 3 is 2.72 bits per heavy atom. The van der Waals surface area contributed by atoms with Crippen molar-refractivity contribution in [3.63, 3.8) is 0 Å². The first-order chi connectivity index (χ1) is 11.6. The number of carbonyl (C=O) groups is 1. The smallest absolute Gasteiger partial charge is 0.309 e. The van der Waals surface area contributed by atoms with Crippen LogP contribution < -0.4 is 5.32 Å². The van der Waals surface area contributed by atoms with E-state index in [4.69, 9.17) is 4.74 Å². The fourth-order valence-corrected chi connectivity index (χ4v) is 2.98. The third-order valence-corrected chi connectivity index (χ3v) is 4.29. The topological polar surface area (TPSA) is 71.8 Å². The average molecular weight is 463 g/mol. The lowest BCUT2D eigenvalue weighted by Crippen LogP contribution is -2.47. The number of esters is 1. The van der Waals surface area contributed by atoms with E-state index in [9.17, 15) is 4.79 Å². The molecule has 2 heterocycles. The second-order valence-electron chi connectivity index (χ2n) is 6.27. The molecule has 0 aromatic carbocycles. The largest absolute Gasteiger partial charge is 0.466 e. The van der Waals surface area contributed by atoms with Crippen LogP contribution in [0.3, 0.4) is 0 Å². The van der Waals surface area contributed by atoms with Gasteiger partial charge in [-0.15, -0.1) is 24.0 Å². The van der Waals surface area contributed by atoms with Crippen molar-refractivity contribution in [2.24, 2.45) is 16.8 Å². The second-order valence-corrected chi connectivity index (χ2v) is 6.27. The summed E-state index contributed by atoms with van der Waals surface area (Å²) in [6.07, 6.45) is 5.42. The van der Waals surface area contributed by atoms with E-state index in [0.29, 0.717) is 12.5 Å². The van der Waals surface area contributed by atoms with E-state index in [0.717, 1.165) is 45.0 Å². The quantitative estimate of drug-likeness (QED) is 0.303. The molecule has 1 fully saturated rings. The number of hydrogen-bond acceptors (Lipinski definition) is 4. The Hall–Kier alpha value is -1.32.